The Balaban J connectivity index is 1.44. The number of nitrogens with zero attached hydrogens (tertiary/aromatic N) is 1. The first-order valence-electron chi connectivity index (χ1n) is 8.27. The predicted octanol–water partition coefficient (Wildman–Crippen LogP) is 2.82. The third kappa shape index (κ3) is 4.42. The Morgan fingerprint density at radius 1 is 0.962 bits per heavy atom. The van der Waals surface area contributed by atoms with Gasteiger partial charge in [-0.15, -0.1) is 0 Å². The highest BCUT2D eigenvalue weighted by atomic mass is 16.5. The van der Waals surface area contributed by atoms with Gasteiger partial charge in [-0.2, -0.15) is 0 Å². The molecule has 0 spiro atoms. The molecule has 1 N–H and O–H groups in total. The molecule has 6 nitrogen and oxygen atoms in total. The normalized spacial score (nSPS) is 10.3. The highest BCUT2D eigenvalue weighted by molar-refractivity contribution is 5.84. The molecule has 0 unspecified atom stereocenters. The van der Waals surface area contributed by atoms with Gasteiger partial charge in [0.15, 0.2) is 18.1 Å². The number of aromatic nitrogens is 1. The number of benzene rings is 2. The fourth-order valence-electron chi connectivity index (χ4n) is 2.48. The molecule has 3 rings (SSSR count). The molecule has 0 aliphatic carbocycles. The second kappa shape index (κ2) is 8.71. The third-order valence-corrected chi connectivity index (χ3v) is 3.71. The average molecular weight is 352 g/mol. The molecule has 1 aromatic heterocycles. The Hall–Kier alpha value is -3.28. The maximum Gasteiger partial charge on any atom is 0.258 e. The van der Waals surface area contributed by atoms with Gasteiger partial charge in [-0.05, 0) is 24.3 Å². The van der Waals surface area contributed by atoms with Crippen LogP contribution in [0, 0.1) is 0 Å². The summed E-state index contributed by atoms with van der Waals surface area (Å²) in [5, 5.41) is 3.77. The number of pyridine rings is 1. The summed E-state index contributed by atoms with van der Waals surface area (Å²) in [7, 11) is 1.56. The summed E-state index contributed by atoms with van der Waals surface area (Å²) in [6.07, 6.45) is 1.73. The number of hydrogen-bond acceptors (Lipinski definition) is 5. The standard InChI is InChI=1S/C20H20N2O4/c1-24-16-8-2-3-9-17(16)26-14-19(23)21-12-13-25-18-10-4-6-15-7-5-11-22-20(15)18/h2-11H,12-14H2,1H3,(H,21,23). The van der Waals surface area contributed by atoms with Crippen LogP contribution in [0.25, 0.3) is 10.9 Å². The molecule has 26 heavy (non-hydrogen) atoms. The predicted molar refractivity (Wildman–Crippen MR) is 98.7 cm³/mol. The maximum atomic E-state index is 11.9. The van der Waals surface area contributed by atoms with E-state index in [1.165, 1.54) is 0 Å². The maximum absolute atomic E-state index is 11.9. The van der Waals surface area contributed by atoms with Crippen molar-refractivity contribution in [1.82, 2.24) is 10.3 Å². The van der Waals surface area contributed by atoms with E-state index < -0.39 is 0 Å². The fourth-order valence-corrected chi connectivity index (χ4v) is 2.48. The summed E-state index contributed by atoms with van der Waals surface area (Å²) in [6.45, 7) is 0.629. The van der Waals surface area contributed by atoms with E-state index >= 15 is 0 Å². The van der Waals surface area contributed by atoms with Crippen LogP contribution in [0.15, 0.2) is 60.8 Å². The van der Waals surface area contributed by atoms with Gasteiger partial charge >= 0.3 is 0 Å². The zero-order valence-corrected chi connectivity index (χ0v) is 14.5. The largest absolute Gasteiger partial charge is 0.493 e. The number of methoxy groups -OCH3 is 1. The highest BCUT2D eigenvalue weighted by Crippen LogP contribution is 2.25. The van der Waals surface area contributed by atoms with Crippen LogP contribution in [-0.4, -0.2) is 37.8 Å². The molecule has 1 heterocycles. The molecule has 3 aromatic rings. The molecule has 0 saturated heterocycles. The minimum absolute atomic E-state index is 0.0871. The van der Waals surface area contributed by atoms with E-state index in [4.69, 9.17) is 14.2 Å². The first-order valence-corrected chi connectivity index (χ1v) is 8.27. The summed E-state index contributed by atoms with van der Waals surface area (Å²) in [5.41, 5.74) is 0.806. The number of amides is 1. The number of hydrogen-bond donors (Lipinski definition) is 1. The van der Waals surface area contributed by atoms with E-state index in [9.17, 15) is 4.79 Å². The third-order valence-electron chi connectivity index (χ3n) is 3.71. The van der Waals surface area contributed by atoms with Crippen molar-refractivity contribution >= 4 is 16.8 Å². The lowest BCUT2D eigenvalue weighted by Gasteiger charge is -2.11. The zero-order chi connectivity index (χ0) is 18.2. The van der Waals surface area contributed by atoms with Crippen molar-refractivity contribution in [3.05, 3.63) is 60.8 Å². The van der Waals surface area contributed by atoms with Gasteiger partial charge in [0, 0.05) is 11.6 Å². The lowest BCUT2D eigenvalue weighted by Crippen LogP contribution is -2.32. The van der Waals surface area contributed by atoms with Gasteiger partial charge in [-0.25, -0.2) is 0 Å². The van der Waals surface area contributed by atoms with E-state index in [0.29, 0.717) is 30.4 Å². The van der Waals surface area contributed by atoms with Crippen LogP contribution in [0.1, 0.15) is 0 Å². The van der Waals surface area contributed by atoms with Crippen molar-refractivity contribution in [2.75, 3.05) is 26.9 Å². The summed E-state index contributed by atoms with van der Waals surface area (Å²) in [4.78, 5) is 16.2. The van der Waals surface area contributed by atoms with E-state index in [0.717, 1.165) is 10.9 Å². The van der Waals surface area contributed by atoms with Crippen LogP contribution in [-0.2, 0) is 4.79 Å². The Labute approximate surface area is 151 Å². The molecule has 0 aliphatic heterocycles. The number of carbonyl (C=O) groups is 1. The van der Waals surface area contributed by atoms with Gasteiger partial charge in [0.05, 0.1) is 13.7 Å². The van der Waals surface area contributed by atoms with Crippen LogP contribution in [0.3, 0.4) is 0 Å². The summed E-state index contributed by atoms with van der Waals surface area (Å²) in [5.74, 6) is 1.59. The minimum Gasteiger partial charge on any atom is -0.493 e. The minimum atomic E-state index is -0.226. The van der Waals surface area contributed by atoms with Crippen molar-refractivity contribution in [2.24, 2.45) is 0 Å². The zero-order valence-electron chi connectivity index (χ0n) is 14.5. The summed E-state index contributed by atoms with van der Waals surface area (Å²) < 4.78 is 16.4. The summed E-state index contributed by atoms with van der Waals surface area (Å²) in [6, 6.07) is 16.8. The Morgan fingerprint density at radius 3 is 2.58 bits per heavy atom. The Kier molecular flexibility index (Phi) is 5.88. The van der Waals surface area contributed by atoms with Crippen molar-refractivity contribution in [3.63, 3.8) is 0 Å². The number of carbonyl (C=O) groups excluding carboxylic acids is 1. The van der Waals surface area contributed by atoms with Crippen LogP contribution in [0.2, 0.25) is 0 Å². The lowest BCUT2D eigenvalue weighted by molar-refractivity contribution is -0.123. The number of para-hydroxylation sites is 3. The van der Waals surface area contributed by atoms with E-state index in [2.05, 4.69) is 10.3 Å². The van der Waals surface area contributed by atoms with Gasteiger partial charge in [0.2, 0.25) is 0 Å². The van der Waals surface area contributed by atoms with Gasteiger partial charge in [-0.1, -0.05) is 30.3 Å². The van der Waals surface area contributed by atoms with Crippen LogP contribution >= 0.6 is 0 Å². The quantitative estimate of drug-likeness (QED) is 0.631. The van der Waals surface area contributed by atoms with Crippen molar-refractivity contribution < 1.29 is 19.0 Å². The molecule has 0 fully saturated rings. The first kappa shape index (κ1) is 17.5. The van der Waals surface area contributed by atoms with Gasteiger partial charge in [0.1, 0.15) is 17.9 Å². The van der Waals surface area contributed by atoms with E-state index in [-0.39, 0.29) is 12.5 Å². The van der Waals surface area contributed by atoms with Crippen molar-refractivity contribution in [2.45, 2.75) is 0 Å². The summed E-state index contributed by atoms with van der Waals surface area (Å²) >= 11 is 0. The Morgan fingerprint density at radius 2 is 1.73 bits per heavy atom. The van der Waals surface area contributed by atoms with E-state index in [1.54, 1.807) is 25.4 Å². The van der Waals surface area contributed by atoms with Gasteiger partial charge in [0.25, 0.3) is 5.91 Å². The monoisotopic (exact) mass is 352 g/mol. The molecule has 0 aliphatic rings. The molecular formula is C20H20N2O4. The van der Waals surface area contributed by atoms with Gasteiger partial charge < -0.3 is 19.5 Å². The number of fused-ring (bicyclic) bond motifs is 1. The second-order valence-corrected chi connectivity index (χ2v) is 5.47. The Bertz CT molecular complexity index is 877. The highest BCUT2D eigenvalue weighted by Gasteiger charge is 2.07. The number of ether oxygens (including phenoxy) is 3. The second-order valence-electron chi connectivity index (χ2n) is 5.47. The van der Waals surface area contributed by atoms with Gasteiger partial charge in [-0.3, -0.25) is 9.78 Å². The first-order chi connectivity index (χ1) is 12.8. The SMILES string of the molecule is COc1ccccc1OCC(=O)NCCOc1cccc2cccnc12. The molecule has 0 atom stereocenters. The molecule has 1 amide bonds. The molecule has 0 radical (unpaired) electrons. The van der Waals surface area contributed by atoms with Crippen LogP contribution < -0.4 is 19.5 Å². The smallest absolute Gasteiger partial charge is 0.258 e. The molecule has 0 saturated carbocycles. The molecule has 2 aromatic carbocycles. The van der Waals surface area contributed by atoms with E-state index in [1.807, 2.05) is 42.5 Å². The molecule has 134 valence electrons. The molecular weight excluding hydrogens is 332 g/mol. The average Bonchev–Trinajstić information content (AvgIpc) is 2.70. The number of nitrogens with one attached hydrogen (secondary N) is 1. The molecule has 0 bridgehead atoms. The molecule has 6 heteroatoms. The lowest BCUT2D eigenvalue weighted by atomic mass is 10.2. The van der Waals surface area contributed by atoms with Crippen LogP contribution in [0.5, 0.6) is 17.2 Å². The van der Waals surface area contributed by atoms with Crippen molar-refractivity contribution in [3.8, 4) is 17.2 Å². The van der Waals surface area contributed by atoms with Crippen molar-refractivity contribution in [1.29, 1.82) is 0 Å². The fraction of sp³-hybridized carbons (Fsp3) is 0.200. The van der Waals surface area contributed by atoms with Crippen LogP contribution in [0.4, 0.5) is 0 Å². The topological polar surface area (TPSA) is 69.7 Å². The number of rotatable bonds is 8.